The van der Waals surface area contributed by atoms with Gasteiger partial charge in [0.25, 0.3) is 5.56 Å². The summed E-state index contributed by atoms with van der Waals surface area (Å²) in [5.74, 6) is 0.267. The molecule has 7 N–H and O–H groups in total. The van der Waals surface area contributed by atoms with E-state index in [0.29, 0.717) is 18.4 Å². The highest BCUT2D eigenvalue weighted by atomic mass is 31.3. The van der Waals surface area contributed by atoms with Gasteiger partial charge in [0.05, 0.1) is 12.0 Å². The van der Waals surface area contributed by atoms with Crippen LogP contribution in [0.15, 0.2) is 41.3 Å². The van der Waals surface area contributed by atoms with Gasteiger partial charge in [-0.05, 0) is 30.9 Å². The largest absolute Gasteiger partial charge is 0.490 e. The summed E-state index contributed by atoms with van der Waals surface area (Å²) in [6.45, 7) is 0.569. The zero-order valence-corrected chi connectivity index (χ0v) is 23.3. The van der Waals surface area contributed by atoms with E-state index in [2.05, 4.69) is 23.1 Å². The first-order valence-electron chi connectivity index (χ1n) is 11.5. The van der Waals surface area contributed by atoms with Crippen molar-refractivity contribution >= 4 is 34.5 Å². The third-order valence-electron chi connectivity index (χ3n) is 5.83. The first kappa shape index (κ1) is 30.9. The number of hydrogen-bond donors (Lipinski definition) is 7. The van der Waals surface area contributed by atoms with E-state index in [-0.39, 0.29) is 16.9 Å². The zero-order chi connectivity index (χ0) is 29.5. The van der Waals surface area contributed by atoms with Crippen LogP contribution in [0.1, 0.15) is 23.2 Å². The van der Waals surface area contributed by atoms with Crippen LogP contribution < -0.4 is 5.56 Å². The second kappa shape index (κ2) is 11.7. The number of nitrogens with zero attached hydrogens (tertiary/aromatic N) is 2. The van der Waals surface area contributed by atoms with Crippen LogP contribution in [0.4, 0.5) is 0 Å². The standard InChI is InChI=1S/C20H26N3O14P3/c1-11-21-18-15(19(26)22-11)13(8-7-12-5-3-2-4-6-12)9-23(18)20-17(25)16(24)14(35-20)10-34-39(30,31)37-40(32,33)36-38(27,28)29/h2-6,9,14,16-17,20,24-25H,7-8,10H2,1H3,(H,30,31)(H,32,33)(H,21,22,26)(H2,27,28,29). The number of aromatic amines is 1. The Labute approximate surface area is 225 Å². The fourth-order valence-electron chi connectivity index (χ4n) is 4.22. The lowest BCUT2D eigenvalue weighted by molar-refractivity contribution is -0.0501. The molecule has 4 rings (SSSR count). The fourth-order valence-corrected chi connectivity index (χ4v) is 7.25. The number of phosphoric ester groups is 1. The van der Waals surface area contributed by atoms with Crippen LogP contribution in [0, 0.1) is 6.92 Å². The highest BCUT2D eigenvalue weighted by Gasteiger charge is 2.47. The summed E-state index contributed by atoms with van der Waals surface area (Å²) < 4.78 is 53.1. The monoisotopic (exact) mass is 625 g/mol. The maximum atomic E-state index is 12.8. The molecule has 1 aliphatic heterocycles. The van der Waals surface area contributed by atoms with Gasteiger partial charge >= 0.3 is 23.5 Å². The topological polar surface area (TPSA) is 260 Å². The van der Waals surface area contributed by atoms with E-state index in [1.54, 1.807) is 13.1 Å². The number of H-pyrrole nitrogens is 1. The van der Waals surface area contributed by atoms with Crippen molar-refractivity contribution in [3.63, 3.8) is 0 Å². The first-order chi connectivity index (χ1) is 18.6. The van der Waals surface area contributed by atoms with Gasteiger partial charge in [0.15, 0.2) is 6.23 Å². The van der Waals surface area contributed by atoms with Gasteiger partial charge in [-0.2, -0.15) is 8.62 Å². The Morgan fingerprint density at radius 3 is 2.33 bits per heavy atom. The Kier molecular flexibility index (Phi) is 9.00. The molecule has 1 fully saturated rings. The number of rotatable bonds is 11. The molecule has 6 unspecified atom stereocenters. The number of aromatic nitrogens is 3. The lowest BCUT2D eigenvalue weighted by atomic mass is 10.1. The molecular formula is C20H26N3O14P3. The highest BCUT2D eigenvalue weighted by molar-refractivity contribution is 7.66. The molecule has 3 aromatic rings. The SMILES string of the molecule is Cc1nc2c(c(CCc3ccccc3)cn2C2OC(COP(=O)(O)OP(=O)(O)OP(=O)(O)O)C(O)C2O)c(=O)[nH]1. The van der Waals surface area contributed by atoms with Crippen LogP contribution in [0.5, 0.6) is 0 Å². The molecular weight excluding hydrogens is 599 g/mol. The minimum Gasteiger partial charge on any atom is -0.387 e. The van der Waals surface area contributed by atoms with E-state index in [4.69, 9.17) is 14.5 Å². The second-order valence-electron chi connectivity index (χ2n) is 8.83. The smallest absolute Gasteiger partial charge is 0.387 e. The Bertz CT molecular complexity index is 1570. The number of fused-ring (bicyclic) bond motifs is 1. The van der Waals surface area contributed by atoms with Gasteiger partial charge in [-0.15, -0.1) is 0 Å². The van der Waals surface area contributed by atoms with Crippen molar-refractivity contribution < 1.29 is 61.4 Å². The summed E-state index contributed by atoms with van der Waals surface area (Å²) in [7, 11) is -16.8. The lowest BCUT2D eigenvalue weighted by Gasteiger charge is -2.19. The average Bonchev–Trinajstić information content (AvgIpc) is 3.32. The molecule has 6 atom stereocenters. The summed E-state index contributed by atoms with van der Waals surface area (Å²) in [6.07, 6.45) is -3.67. The van der Waals surface area contributed by atoms with Crippen molar-refractivity contribution in [3.8, 4) is 0 Å². The number of phosphoric acid groups is 3. The molecule has 40 heavy (non-hydrogen) atoms. The fraction of sp³-hybridized carbons (Fsp3) is 0.400. The van der Waals surface area contributed by atoms with Gasteiger partial charge in [-0.25, -0.2) is 18.7 Å². The molecule has 0 aliphatic carbocycles. The zero-order valence-electron chi connectivity index (χ0n) is 20.6. The first-order valence-corrected chi connectivity index (χ1v) is 16.0. The molecule has 1 aliphatic rings. The van der Waals surface area contributed by atoms with E-state index in [9.17, 15) is 38.5 Å². The third kappa shape index (κ3) is 7.41. The molecule has 1 saturated heterocycles. The molecule has 0 bridgehead atoms. The Morgan fingerprint density at radius 1 is 1.00 bits per heavy atom. The Balaban J connectivity index is 1.54. The molecule has 0 saturated carbocycles. The Hall–Kier alpha value is -2.07. The number of aliphatic hydroxyl groups is 2. The van der Waals surface area contributed by atoms with Gasteiger partial charge in [0, 0.05) is 6.20 Å². The molecule has 17 nitrogen and oxygen atoms in total. The molecule has 220 valence electrons. The average molecular weight is 625 g/mol. The summed E-state index contributed by atoms with van der Waals surface area (Å²) in [5, 5.41) is 21.5. The van der Waals surface area contributed by atoms with Crippen molar-refractivity contribution in [2.45, 2.75) is 44.3 Å². The normalized spacial score (nSPS) is 24.7. The number of nitrogens with one attached hydrogen (secondary N) is 1. The summed E-state index contributed by atoms with van der Waals surface area (Å²) in [4.78, 5) is 56.0. The molecule has 20 heteroatoms. The van der Waals surface area contributed by atoms with Gasteiger partial charge in [-0.1, -0.05) is 30.3 Å². The van der Waals surface area contributed by atoms with E-state index < -0.39 is 60.2 Å². The second-order valence-corrected chi connectivity index (χ2v) is 13.3. The molecule has 1 aromatic carbocycles. The third-order valence-corrected chi connectivity index (χ3v) is 9.64. The van der Waals surface area contributed by atoms with Gasteiger partial charge < -0.3 is 44.1 Å². The quantitative estimate of drug-likeness (QED) is 0.145. The van der Waals surface area contributed by atoms with Gasteiger partial charge in [0.2, 0.25) is 0 Å². The molecule has 0 radical (unpaired) electrons. The van der Waals surface area contributed by atoms with Crippen molar-refractivity contribution in [1.82, 2.24) is 14.5 Å². The highest BCUT2D eigenvalue weighted by Crippen LogP contribution is 2.66. The van der Waals surface area contributed by atoms with Gasteiger partial charge in [-0.3, -0.25) is 9.32 Å². The van der Waals surface area contributed by atoms with E-state index >= 15 is 0 Å². The number of aliphatic hydroxyl groups excluding tert-OH is 2. The number of hydrogen-bond acceptors (Lipinski definition) is 11. The summed E-state index contributed by atoms with van der Waals surface area (Å²) in [5.41, 5.74) is 1.31. The van der Waals surface area contributed by atoms with Crippen LogP contribution >= 0.6 is 23.5 Å². The van der Waals surface area contributed by atoms with Crippen molar-refractivity contribution in [2.75, 3.05) is 6.61 Å². The molecule has 0 amide bonds. The predicted octanol–water partition coefficient (Wildman–Crippen LogP) is 0.781. The summed E-state index contributed by atoms with van der Waals surface area (Å²) in [6, 6.07) is 9.48. The minimum absolute atomic E-state index is 0.147. The Morgan fingerprint density at radius 2 is 1.68 bits per heavy atom. The van der Waals surface area contributed by atoms with Crippen LogP contribution in [0.3, 0.4) is 0 Å². The number of aryl methyl sites for hydroxylation is 3. The van der Waals surface area contributed by atoms with E-state index in [0.717, 1.165) is 5.56 Å². The summed E-state index contributed by atoms with van der Waals surface area (Å²) >= 11 is 0. The molecule has 0 spiro atoms. The predicted molar refractivity (Wildman–Crippen MR) is 135 cm³/mol. The number of ether oxygens (including phenoxy) is 1. The maximum absolute atomic E-state index is 12.8. The minimum atomic E-state index is -5.75. The lowest BCUT2D eigenvalue weighted by Crippen LogP contribution is -2.33. The van der Waals surface area contributed by atoms with Crippen molar-refractivity contribution in [2.24, 2.45) is 0 Å². The van der Waals surface area contributed by atoms with Crippen LogP contribution in [-0.2, 0) is 44.4 Å². The van der Waals surface area contributed by atoms with Crippen LogP contribution in [0.25, 0.3) is 11.0 Å². The molecule has 3 heterocycles. The van der Waals surface area contributed by atoms with Crippen molar-refractivity contribution in [1.29, 1.82) is 0 Å². The van der Waals surface area contributed by atoms with Crippen LogP contribution in [-0.4, -0.2) is 69.2 Å². The maximum Gasteiger partial charge on any atom is 0.490 e. The van der Waals surface area contributed by atoms with E-state index in [1.165, 1.54) is 4.57 Å². The molecule has 2 aromatic heterocycles. The van der Waals surface area contributed by atoms with E-state index in [1.807, 2.05) is 30.3 Å². The van der Waals surface area contributed by atoms with Crippen LogP contribution in [0.2, 0.25) is 0 Å². The van der Waals surface area contributed by atoms with Crippen molar-refractivity contribution in [3.05, 3.63) is 63.8 Å². The number of benzene rings is 1. The van der Waals surface area contributed by atoms with Gasteiger partial charge in [0.1, 0.15) is 29.8 Å².